The number of nitrogens with zero attached hydrogens (tertiary/aromatic N) is 2. The van der Waals surface area contributed by atoms with Gasteiger partial charge < -0.3 is 20.4 Å². The Morgan fingerprint density at radius 3 is 2.52 bits per heavy atom. The van der Waals surface area contributed by atoms with Crippen molar-refractivity contribution in [2.24, 2.45) is 10.9 Å². The predicted octanol–water partition coefficient (Wildman–Crippen LogP) is 1.27. The van der Waals surface area contributed by atoms with Crippen molar-refractivity contribution in [1.29, 1.82) is 0 Å². The molecule has 0 spiro atoms. The van der Waals surface area contributed by atoms with Crippen molar-refractivity contribution in [1.82, 2.24) is 4.90 Å². The monoisotopic (exact) mass is 293 g/mol. The number of hydrogen-bond acceptors (Lipinski definition) is 5. The lowest BCUT2D eigenvalue weighted by molar-refractivity contribution is -0.0699. The summed E-state index contributed by atoms with van der Waals surface area (Å²) in [6.07, 6.45) is 0.544. The van der Waals surface area contributed by atoms with Gasteiger partial charge in [0.1, 0.15) is 12.4 Å². The highest BCUT2D eigenvalue weighted by atomic mass is 16.5. The highest BCUT2D eigenvalue weighted by Crippen LogP contribution is 2.13. The van der Waals surface area contributed by atoms with Gasteiger partial charge in [-0.05, 0) is 38.1 Å². The van der Waals surface area contributed by atoms with Gasteiger partial charge in [-0.3, -0.25) is 4.90 Å². The zero-order chi connectivity index (χ0) is 15.2. The Morgan fingerprint density at radius 2 is 1.95 bits per heavy atom. The van der Waals surface area contributed by atoms with Gasteiger partial charge in [0.15, 0.2) is 5.84 Å². The normalized spacial score (nSPS) is 24.0. The van der Waals surface area contributed by atoms with E-state index in [9.17, 15) is 0 Å². The molecule has 3 N–H and O–H groups in total. The molecule has 116 valence electrons. The zero-order valence-corrected chi connectivity index (χ0v) is 12.5. The van der Waals surface area contributed by atoms with Crippen LogP contribution in [0, 0.1) is 0 Å². The molecule has 0 unspecified atom stereocenters. The van der Waals surface area contributed by atoms with E-state index >= 15 is 0 Å². The van der Waals surface area contributed by atoms with Gasteiger partial charge in [0, 0.05) is 25.2 Å². The van der Waals surface area contributed by atoms with Crippen molar-refractivity contribution in [2.45, 2.75) is 26.1 Å². The van der Waals surface area contributed by atoms with Gasteiger partial charge in [0.05, 0.1) is 12.2 Å². The maximum absolute atomic E-state index is 8.60. The molecule has 0 amide bonds. The fourth-order valence-electron chi connectivity index (χ4n) is 2.54. The summed E-state index contributed by atoms with van der Waals surface area (Å²) >= 11 is 0. The molecule has 0 saturated carbocycles. The zero-order valence-electron chi connectivity index (χ0n) is 12.5. The SMILES string of the molecule is C[C@@H]1CN(CCOc2ccc(/C(N)=N/O)cc2)C[C@H](C)O1. The molecule has 6 heteroatoms. The summed E-state index contributed by atoms with van der Waals surface area (Å²) < 4.78 is 11.4. The van der Waals surface area contributed by atoms with Gasteiger partial charge in [-0.25, -0.2) is 0 Å². The van der Waals surface area contributed by atoms with Crippen LogP contribution >= 0.6 is 0 Å². The van der Waals surface area contributed by atoms with Crippen molar-refractivity contribution in [3.05, 3.63) is 29.8 Å². The predicted molar refractivity (Wildman–Crippen MR) is 80.9 cm³/mol. The molecule has 6 nitrogen and oxygen atoms in total. The van der Waals surface area contributed by atoms with Crippen LogP contribution in [0.1, 0.15) is 19.4 Å². The van der Waals surface area contributed by atoms with E-state index in [1.807, 2.05) is 12.1 Å². The number of ether oxygens (including phenoxy) is 2. The number of nitrogens with two attached hydrogens (primary N) is 1. The Balaban J connectivity index is 1.78. The van der Waals surface area contributed by atoms with Crippen molar-refractivity contribution in [2.75, 3.05) is 26.2 Å². The van der Waals surface area contributed by atoms with E-state index in [-0.39, 0.29) is 18.0 Å². The van der Waals surface area contributed by atoms with Crippen molar-refractivity contribution < 1.29 is 14.7 Å². The first-order valence-electron chi connectivity index (χ1n) is 7.17. The van der Waals surface area contributed by atoms with Gasteiger partial charge in [-0.2, -0.15) is 0 Å². The largest absolute Gasteiger partial charge is 0.492 e. The minimum absolute atomic E-state index is 0.0952. The minimum atomic E-state index is 0.0952. The summed E-state index contributed by atoms with van der Waals surface area (Å²) in [7, 11) is 0. The van der Waals surface area contributed by atoms with Gasteiger partial charge in [-0.15, -0.1) is 0 Å². The molecule has 1 heterocycles. The first-order chi connectivity index (χ1) is 10.1. The summed E-state index contributed by atoms with van der Waals surface area (Å²) in [5.41, 5.74) is 6.18. The molecule has 0 radical (unpaired) electrons. The molecule has 1 aromatic rings. The fraction of sp³-hybridized carbons (Fsp3) is 0.533. The molecule has 0 bridgehead atoms. The summed E-state index contributed by atoms with van der Waals surface area (Å²) in [5, 5.41) is 11.6. The molecule has 2 atom stereocenters. The van der Waals surface area contributed by atoms with Crippen LogP contribution in [-0.4, -0.2) is 54.4 Å². The molecule has 0 aliphatic carbocycles. The standard InChI is InChI=1S/C15H23N3O3/c1-11-9-18(10-12(2)21-11)7-8-20-14-5-3-13(4-6-14)15(16)17-19/h3-6,11-12,19H,7-10H2,1-2H3,(H2,16,17)/t11-,12+. The molecule has 1 aromatic carbocycles. The van der Waals surface area contributed by atoms with Gasteiger partial charge in [-0.1, -0.05) is 5.16 Å². The number of oxime groups is 1. The second-order valence-electron chi connectivity index (χ2n) is 5.37. The summed E-state index contributed by atoms with van der Waals surface area (Å²) in [6.45, 7) is 7.57. The third-order valence-corrected chi connectivity index (χ3v) is 3.43. The Bertz CT molecular complexity index is 466. The Kier molecular flexibility index (Phi) is 5.41. The summed E-state index contributed by atoms with van der Waals surface area (Å²) in [4.78, 5) is 2.35. The quantitative estimate of drug-likeness (QED) is 0.370. The summed E-state index contributed by atoms with van der Waals surface area (Å²) in [6, 6.07) is 7.17. The van der Waals surface area contributed by atoms with Crippen LogP contribution in [0.5, 0.6) is 5.75 Å². The number of amidine groups is 1. The van der Waals surface area contributed by atoms with Crippen LogP contribution in [0.2, 0.25) is 0 Å². The van der Waals surface area contributed by atoms with Crippen LogP contribution in [-0.2, 0) is 4.74 Å². The molecule has 1 aliphatic heterocycles. The maximum atomic E-state index is 8.60. The van der Waals surface area contributed by atoms with E-state index in [4.69, 9.17) is 20.4 Å². The lowest BCUT2D eigenvalue weighted by atomic mass is 10.2. The maximum Gasteiger partial charge on any atom is 0.170 e. The Morgan fingerprint density at radius 1 is 1.33 bits per heavy atom. The third-order valence-electron chi connectivity index (χ3n) is 3.43. The molecular weight excluding hydrogens is 270 g/mol. The van der Waals surface area contributed by atoms with Gasteiger partial charge in [0.2, 0.25) is 0 Å². The van der Waals surface area contributed by atoms with Crippen LogP contribution in [0.15, 0.2) is 29.4 Å². The van der Waals surface area contributed by atoms with E-state index in [0.717, 1.165) is 25.4 Å². The Hall–Kier alpha value is -1.79. The fourth-order valence-corrected chi connectivity index (χ4v) is 2.54. The second-order valence-corrected chi connectivity index (χ2v) is 5.37. The van der Waals surface area contributed by atoms with Crippen molar-refractivity contribution in [3.8, 4) is 5.75 Å². The number of rotatable bonds is 5. The lowest BCUT2D eigenvalue weighted by Crippen LogP contribution is -2.46. The lowest BCUT2D eigenvalue weighted by Gasteiger charge is -2.35. The van der Waals surface area contributed by atoms with Crippen molar-refractivity contribution >= 4 is 5.84 Å². The number of benzene rings is 1. The van der Waals surface area contributed by atoms with Gasteiger partial charge in [0.25, 0.3) is 0 Å². The first-order valence-corrected chi connectivity index (χ1v) is 7.17. The van der Waals surface area contributed by atoms with E-state index in [2.05, 4.69) is 23.9 Å². The van der Waals surface area contributed by atoms with E-state index in [1.165, 1.54) is 0 Å². The van der Waals surface area contributed by atoms with E-state index < -0.39 is 0 Å². The molecule has 2 rings (SSSR count). The van der Waals surface area contributed by atoms with Crippen LogP contribution in [0.4, 0.5) is 0 Å². The highest BCUT2D eigenvalue weighted by Gasteiger charge is 2.21. The number of morpholine rings is 1. The van der Waals surface area contributed by atoms with E-state index in [1.54, 1.807) is 12.1 Å². The molecule has 0 aromatic heterocycles. The molecular formula is C15H23N3O3. The molecule has 21 heavy (non-hydrogen) atoms. The molecule has 1 saturated heterocycles. The van der Waals surface area contributed by atoms with Crippen molar-refractivity contribution in [3.63, 3.8) is 0 Å². The summed E-state index contributed by atoms with van der Waals surface area (Å²) in [5.74, 6) is 0.872. The Labute approximate surface area is 125 Å². The van der Waals surface area contributed by atoms with Gasteiger partial charge >= 0.3 is 0 Å². The van der Waals surface area contributed by atoms with Crippen LogP contribution < -0.4 is 10.5 Å². The smallest absolute Gasteiger partial charge is 0.170 e. The van der Waals surface area contributed by atoms with E-state index in [0.29, 0.717) is 12.2 Å². The second kappa shape index (κ2) is 7.28. The topological polar surface area (TPSA) is 80.3 Å². The molecule has 1 fully saturated rings. The third kappa shape index (κ3) is 4.61. The average molecular weight is 293 g/mol. The van der Waals surface area contributed by atoms with Crippen LogP contribution in [0.25, 0.3) is 0 Å². The first kappa shape index (κ1) is 15.6. The van der Waals surface area contributed by atoms with Crippen LogP contribution in [0.3, 0.4) is 0 Å². The highest BCUT2D eigenvalue weighted by molar-refractivity contribution is 5.97. The molecule has 1 aliphatic rings. The number of hydrogen-bond donors (Lipinski definition) is 2. The minimum Gasteiger partial charge on any atom is -0.492 e. The average Bonchev–Trinajstić information content (AvgIpc) is 2.46.